The molecular formula is C8H15NO4S2. The Labute approximate surface area is 93.7 Å². The molecule has 0 atom stereocenters. The Balaban J connectivity index is 2.37. The zero-order valence-corrected chi connectivity index (χ0v) is 9.94. The number of hydrogen-bond acceptors (Lipinski definition) is 4. The van der Waals surface area contributed by atoms with Gasteiger partial charge in [0, 0.05) is 6.04 Å². The van der Waals surface area contributed by atoms with Crippen LogP contribution in [0.15, 0.2) is 0 Å². The second-order valence-electron chi connectivity index (χ2n) is 3.47. The number of rotatable bonds is 5. The lowest BCUT2D eigenvalue weighted by atomic mass is 10.2. The van der Waals surface area contributed by atoms with Gasteiger partial charge in [-0.3, -0.25) is 4.79 Å². The fourth-order valence-electron chi connectivity index (χ4n) is 1.35. The van der Waals surface area contributed by atoms with E-state index in [-0.39, 0.29) is 18.2 Å². The molecule has 0 bridgehead atoms. The molecule has 7 heteroatoms. The van der Waals surface area contributed by atoms with Crippen LogP contribution in [-0.2, 0) is 14.8 Å². The summed E-state index contributed by atoms with van der Waals surface area (Å²) >= 11 is 1.81. The molecule has 0 radical (unpaired) electrons. The third-order valence-corrected chi connectivity index (χ3v) is 4.63. The van der Waals surface area contributed by atoms with Crippen molar-refractivity contribution in [1.29, 1.82) is 0 Å². The van der Waals surface area contributed by atoms with Gasteiger partial charge in [0.15, 0.2) is 0 Å². The summed E-state index contributed by atoms with van der Waals surface area (Å²) in [6.07, 6.45) is 1.32. The SMILES string of the molecule is O=C(O)CCS(=O)(=O)NC1CCSCC1. The van der Waals surface area contributed by atoms with Gasteiger partial charge in [0.2, 0.25) is 10.0 Å². The van der Waals surface area contributed by atoms with Gasteiger partial charge in [-0.2, -0.15) is 11.8 Å². The first-order valence-corrected chi connectivity index (χ1v) is 7.60. The predicted octanol–water partition coefficient (Wildman–Crippen LogP) is 0.276. The smallest absolute Gasteiger partial charge is 0.304 e. The average Bonchev–Trinajstić information content (AvgIpc) is 2.16. The summed E-state index contributed by atoms with van der Waals surface area (Å²) in [7, 11) is -3.42. The molecule has 1 heterocycles. The van der Waals surface area contributed by atoms with Crippen LogP contribution in [0.3, 0.4) is 0 Å². The standard InChI is InChI=1S/C8H15NO4S2/c10-8(11)3-6-15(12,13)9-7-1-4-14-5-2-7/h7,9H,1-6H2,(H,10,11). The Kier molecular flexibility index (Phi) is 4.88. The van der Waals surface area contributed by atoms with Crippen LogP contribution in [0.25, 0.3) is 0 Å². The molecular weight excluding hydrogens is 238 g/mol. The minimum atomic E-state index is -3.42. The maximum absolute atomic E-state index is 11.4. The number of aliphatic carboxylic acids is 1. The average molecular weight is 253 g/mol. The van der Waals surface area contributed by atoms with Gasteiger partial charge in [0.05, 0.1) is 12.2 Å². The van der Waals surface area contributed by atoms with E-state index in [1.54, 1.807) is 0 Å². The summed E-state index contributed by atoms with van der Waals surface area (Å²) in [6.45, 7) is 0. The molecule has 15 heavy (non-hydrogen) atoms. The highest BCUT2D eigenvalue weighted by Crippen LogP contribution is 2.17. The van der Waals surface area contributed by atoms with Crippen LogP contribution in [0, 0.1) is 0 Å². The summed E-state index contributed by atoms with van der Waals surface area (Å²) in [6, 6.07) is -0.00922. The van der Waals surface area contributed by atoms with E-state index in [1.807, 2.05) is 11.8 Å². The number of hydrogen-bond donors (Lipinski definition) is 2. The minimum Gasteiger partial charge on any atom is -0.481 e. The highest BCUT2D eigenvalue weighted by Gasteiger charge is 2.20. The van der Waals surface area contributed by atoms with Crippen LogP contribution in [0.2, 0.25) is 0 Å². The molecule has 1 fully saturated rings. The van der Waals surface area contributed by atoms with E-state index in [1.165, 1.54) is 0 Å². The molecule has 0 aromatic rings. The largest absolute Gasteiger partial charge is 0.481 e. The molecule has 5 nitrogen and oxygen atoms in total. The van der Waals surface area contributed by atoms with Crippen LogP contribution in [0.4, 0.5) is 0 Å². The van der Waals surface area contributed by atoms with Gasteiger partial charge in [0.1, 0.15) is 0 Å². The van der Waals surface area contributed by atoms with Crippen LogP contribution in [-0.4, -0.2) is 42.8 Å². The lowest BCUT2D eigenvalue weighted by molar-refractivity contribution is -0.136. The lowest BCUT2D eigenvalue weighted by Crippen LogP contribution is -2.38. The fraction of sp³-hybridized carbons (Fsp3) is 0.875. The first kappa shape index (κ1) is 12.8. The molecule has 1 rings (SSSR count). The van der Waals surface area contributed by atoms with E-state index in [2.05, 4.69) is 4.72 Å². The first-order valence-electron chi connectivity index (χ1n) is 4.79. The van der Waals surface area contributed by atoms with Crippen molar-refractivity contribution in [3.63, 3.8) is 0 Å². The van der Waals surface area contributed by atoms with Gasteiger partial charge in [-0.15, -0.1) is 0 Å². The highest BCUT2D eigenvalue weighted by atomic mass is 32.2. The maximum Gasteiger partial charge on any atom is 0.304 e. The molecule has 0 aromatic heterocycles. The second-order valence-corrected chi connectivity index (χ2v) is 6.57. The number of carbonyl (C=O) groups is 1. The molecule has 1 aliphatic rings. The molecule has 0 spiro atoms. The van der Waals surface area contributed by atoms with Gasteiger partial charge in [-0.05, 0) is 24.3 Å². The predicted molar refractivity (Wildman–Crippen MR) is 59.5 cm³/mol. The Hall–Kier alpha value is -0.270. The topological polar surface area (TPSA) is 83.5 Å². The summed E-state index contributed by atoms with van der Waals surface area (Å²) in [4.78, 5) is 10.2. The van der Waals surface area contributed by atoms with E-state index < -0.39 is 16.0 Å². The molecule has 0 amide bonds. The highest BCUT2D eigenvalue weighted by molar-refractivity contribution is 7.99. The monoisotopic (exact) mass is 253 g/mol. The molecule has 88 valence electrons. The van der Waals surface area contributed by atoms with Gasteiger partial charge in [0.25, 0.3) is 0 Å². The summed E-state index contributed by atoms with van der Waals surface area (Å²) in [5.41, 5.74) is 0. The fourth-order valence-corrected chi connectivity index (χ4v) is 3.76. The Morgan fingerprint density at radius 2 is 2.00 bits per heavy atom. The van der Waals surface area contributed by atoms with Crippen molar-refractivity contribution >= 4 is 27.8 Å². The van der Waals surface area contributed by atoms with Crippen molar-refractivity contribution in [2.75, 3.05) is 17.3 Å². The molecule has 0 aliphatic carbocycles. The van der Waals surface area contributed by atoms with Gasteiger partial charge >= 0.3 is 5.97 Å². The quantitative estimate of drug-likeness (QED) is 0.735. The summed E-state index contributed by atoms with van der Waals surface area (Å²) in [5.74, 6) is 0.518. The third-order valence-electron chi connectivity index (χ3n) is 2.15. The van der Waals surface area contributed by atoms with Crippen molar-refractivity contribution < 1.29 is 18.3 Å². The van der Waals surface area contributed by atoms with E-state index in [0.717, 1.165) is 24.3 Å². The van der Waals surface area contributed by atoms with E-state index in [9.17, 15) is 13.2 Å². The Morgan fingerprint density at radius 3 is 2.53 bits per heavy atom. The molecule has 2 N–H and O–H groups in total. The molecule has 0 aromatic carbocycles. The number of carboxylic acids is 1. The van der Waals surface area contributed by atoms with Crippen LogP contribution < -0.4 is 4.72 Å². The summed E-state index contributed by atoms with van der Waals surface area (Å²) < 4.78 is 25.4. The van der Waals surface area contributed by atoms with E-state index in [4.69, 9.17) is 5.11 Å². The molecule has 0 unspecified atom stereocenters. The van der Waals surface area contributed by atoms with Crippen LogP contribution in [0.5, 0.6) is 0 Å². The summed E-state index contributed by atoms with van der Waals surface area (Å²) in [5, 5.41) is 8.39. The second kappa shape index (κ2) is 5.72. The zero-order chi connectivity index (χ0) is 11.3. The van der Waals surface area contributed by atoms with Gasteiger partial charge < -0.3 is 5.11 Å². The minimum absolute atomic E-state index is 0.00922. The first-order chi connectivity index (χ1) is 6.99. The Bertz CT molecular complexity index is 309. The maximum atomic E-state index is 11.4. The van der Waals surface area contributed by atoms with Crippen molar-refractivity contribution in [3.05, 3.63) is 0 Å². The van der Waals surface area contributed by atoms with E-state index in [0.29, 0.717) is 0 Å². The Morgan fingerprint density at radius 1 is 1.40 bits per heavy atom. The zero-order valence-electron chi connectivity index (χ0n) is 8.31. The van der Waals surface area contributed by atoms with Crippen LogP contribution >= 0.6 is 11.8 Å². The van der Waals surface area contributed by atoms with Crippen molar-refractivity contribution in [2.24, 2.45) is 0 Å². The normalized spacial score (nSPS) is 18.9. The van der Waals surface area contributed by atoms with Crippen molar-refractivity contribution in [3.8, 4) is 0 Å². The number of sulfonamides is 1. The molecule has 1 saturated heterocycles. The number of nitrogens with one attached hydrogen (secondary N) is 1. The number of carboxylic acid groups (broad SMARTS) is 1. The lowest BCUT2D eigenvalue weighted by Gasteiger charge is -2.22. The van der Waals surface area contributed by atoms with Gasteiger partial charge in [-0.25, -0.2) is 13.1 Å². The molecule has 0 saturated carbocycles. The van der Waals surface area contributed by atoms with Gasteiger partial charge in [-0.1, -0.05) is 0 Å². The molecule has 1 aliphatic heterocycles. The number of thioether (sulfide) groups is 1. The van der Waals surface area contributed by atoms with Crippen molar-refractivity contribution in [2.45, 2.75) is 25.3 Å². The third kappa shape index (κ3) is 5.39. The van der Waals surface area contributed by atoms with E-state index >= 15 is 0 Å². The van der Waals surface area contributed by atoms with Crippen LogP contribution in [0.1, 0.15) is 19.3 Å². The van der Waals surface area contributed by atoms with Crippen molar-refractivity contribution in [1.82, 2.24) is 4.72 Å².